The van der Waals surface area contributed by atoms with Gasteiger partial charge < -0.3 is 15.2 Å². The first-order valence-electron chi connectivity index (χ1n) is 6.52. The molecule has 0 saturated heterocycles. The van der Waals surface area contributed by atoms with Gasteiger partial charge in [-0.3, -0.25) is 4.98 Å². The molecule has 0 saturated carbocycles. The van der Waals surface area contributed by atoms with Gasteiger partial charge in [0.2, 0.25) is 0 Å². The largest absolute Gasteiger partial charge is 0.490 e. The number of likely N-dealkylation sites (N-methyl/N-ethyl adjacent to an activating group) is 1. The lowest BCUT2D eigenvalue weighted by atomic mass is 10.1. The quantitative estimate of drug-likeness (QED) is 0.834. The minimum atomic E-state index is -0.889. The molecular weight excluding hydrogens is 240 g/mol. The maximum atomic E-state index is 10.2. The van der Waals surface area contributed by atoms with E-state index in [9.17, 15) is 5.11 Å². The summed E-state index contributed by atoms with van der Waals surface area (Å²) >= 11 is 0. The van der Waals surface area contributed by atoms with E-state index in [0.717, 1.165) is 23.2 Å². The summed E-state index contributed by atoms with van der Waals surface area (Å²) in [6.45, 7) is 5.35. The molecule has 1 atom stereocenters. The zero-order valence-electron chi connectivity index (χ0n) is 11.4. The monoisotopic (exact) mass is 260 g/mol. The number of rotatable bonds is 6. The Bertz CT molecular complexity index is 535. The Labute approximate surface area is 113 Å². The van der Waals surface area contributed by atoms with Gasteiger partial charge in [-0.05, 0) is 37.7 Å². The van der Waals surface area contributed by atoms with Crippen molar-refractivity contribution in [3.8, 4) is 5.75 Å². The zero-order valence-corrected chi connectivity index (χ0v) is 11.4. The number of hydrogen-bond donors (Lipinski definition) is 2. The van der Waals surface area contributed by atoms with Crippen LogP contribution in [-0.2, 0) is 0 Å². The molecule has 2 rings (SSSR count). The van der Waals surface area contributed by atoms with Gasteiger partial charge in [0.1, 0.15) is 18.0 Å². The van der Waals surface area contributed by atoms with Crippen LogP contribution in [0, 0.1) is 0 Å². The highest BCUT2D eigenvalue weighted by molar-refractivity contribution is 5.84. The van der Waals surface area contributed by atoms with Crippen LogP contribution in [0.1, 0.15) is 13.8 Å². The van der Waals surface area contributed by atoms with Crippen molar-refractivity contribution in [2.45, 2.75) is 19.4 Å². The molecule has 2 N–H and O–H groups in total. The van der Waals surface area contributed by atoms with E-state index in [1.165, 1.54) is 0 Å². The van der Waals surface area contributed by atoms with Gasteiger partial charge in [0.05, 0.1) is 5.52 Å². The van der Waals surface area contributed by atoms with E-state index in [1.807, 2.05) is 37.3 Å². The van der Waals surface area contributed by atoms with E-state index >= 15 is 0 Å². The second-order valence-electron chi connectivity index (χ2n) is 4.89. The zero-order chi connectivity index (χ0) is 13.7. The maximum absolute atomic E-state index is 10.2. The highest BCUT2D eigenvalue weighted by Crippen LogP contribution is 2.24. The van der Waals surface area contributed by atoms with Gasteiger partial charge in [-0.2, -0.15) is 0 Å². The lowest BCUT2D eigenvalue weighted by molar-refractivity contribution is 0.0132. The molecule has 0 aliphatic rings. The molecule has 0 bridgehead atoms. The molecule has 0 spiro atoms. The molecule has 1 unspecified atom stereocenters. The lowest BCUT2D eigenvalue weighted by Gasteiger charge is -2.24. The number of fused-ring (bicyclic) bond motifs is 1. The fraction of sp³-hybridized carbons (Fsp3) is 0.400. The van der Waals surface area contributed by atoms with E-state index in [2.05, 4.69) is 10.3 Å². The fourth-order valence-electron chi connectivity index (χ4n) is 1.88. The molecule has 1 heterocycles. The molecular formula is C15H20N2O2. The summed E-state index contributed by atoms with van der Waals surface area (Å²) < 4.78 is 5.75. The van der Waals surface area contributed by atoms with Gasteiger partial charge in [0, 0.05) is 18.1 Å². The van der Waals surface area contributed by atoms with Crippen molar-refractivity contribution in [2.75, 3.05) is 19.7 Å². The third-order valence-electron chi connectivity index (χ3n) is 2.90. The number of hydrogen-bond acceptors (Lipinski definition) is 4. The highest BCUT2D eigenvalue weighted by Gasteiger charge is 2.21. The van der Waals surface area contributed by atoms with Gasteiger partial charge in [0.25, 0.3) is 0 Å². The standard InChI is InChI=1S/C15H20N2O2/c1-3-16-10-15(2,18)11-19-14-8-4-7-13-12(14)6-5-9-17-13/h4-9,16,18H,3,10-11H2,1-2H3. The Morgan fingerprint density at radius 2 is 2.16 bits per heavy atom. The van der Waals surface area contributed by atoms with Crippen LogP contribution in [0.15, 0.2) is 36.5 Å². The first-order valence-corrected chi connectivity index (χ1v) is 6.52. The molecule has 0 fully saturated rings. The first-order chi connectivity index (χ1) is 9.12. The third kappa shape index (κ3) is 3.66. The number of ether oxygens (including phenoxy) is 1. The van der Waals surface area contributed by atoms with Crippen molar-refractivity contribution in [2.24, 2.45) is 0 Å². The summed E-state index contributed by atoms with van der Waals surface area (Å²) in [4.78, 5) is 4.28. The molecule has 4 heteroatoms. The highest BCUT2D eigenvalue weighted by atomic mass is 16.5. The summed E-state index contributed by atoms with van der Waals surface area (Å²) in [5.74, 6) is 0.752. The van der Waals surface area contributed by atoms with Gasteiger partial charge in [-0.25, -0.2) is 0 Å². The van der Waals surface area contributed by atoms with Gasteiger partial charge in [0.15, 0.2) is 0 Å². The topological polar surface area (TPSA) is 54.4 Å². The van der Waals surface area contributed by atoms with E-state index in [-0.39, 0.29) is 6.61 Å². The van der Waals surface area contributed by atoms with Crippen molar-refractivity contribution in [3.63, 3.8) is 0 Å². The Morgan fingerprint density at radius 3 is 2.95 bits per heavy atom. The van der Waals surface area contributed by atoms with Crippen LogP contribution in [0.2, 0.25) is 0 Å². The van der Waals surface area contributed by atoms with E-state index in [0.29, 0.717) is 6.54 Å². The minimum Gasteiger partial charge on any atom is -0.490 e. The Morgan fingerprint density at radius 1 is 1.32 bits per heavy atom. The maximum Gasteiger partial charge on any atom is 0.128 e. The minimum absolute atomic E-state index is 0.244. The molecule has 0 amide bonds. The SMILES string of the molecule is CCNCC(C)(O)COc1cccc2ncccc12. The van der Waals surface area contributed by atoms with Gasteiger partial charge in [-0.1, -0.05) is 13.0 Å². The van der Waals surface area contributed by atoms with Gasteiger partial charge in [-0.15, -0.1) is 0 Å². The molecule has 2 aromatic rings. The molecule has 102 valence electrons. The molecule has 19 heavy (non-hydrogen) atoms. The van der Waals surface area contributed by atoms with Crippen molar-refractivity contribution < 1.29 is 9.84 Å². The van der Waals surface area contributed by atoms with Crippen LogP contribution < -0.4 is 10.1 Å². The number of pyridine rings is 1. The molecule has 4 nitrogen and oxygen atoms in total. The molecule has 0 radical (unpaired) electrons. The van der Waals surface area contributed by atoms with E-state index in [4.69, 9.17) is 4.74 Å². The summed E-state index contributed by atoms with van der Waals surface area (Å²) in [5, 5.41) is 14.3. The normalized spacial score (nSPS) is 14.3. The van der Waals surface area contributed by atoms with Gasteiger partial charge >= 0.3 is 0 Å². The van der Waals surface area contributed by atoms with Crippen molar-refractivity contribution in [1.29, 1.82) is 0 Å². The molecule has 1 aromatic carbocycles. The smallest absolute Gasteiger partial charge is 0.128 e. The Hall–Kier alpha value is -1.65. The van der Waals surface area contributed by atoms with Crippen LogP contribution in [0.4, 0.5) is 0 Å². The molecule has 1 aromatic heterocycles. The summed E-state index contributed by atoms with van der Waals surface area (Å²) in [5.41, 5.74) is 0.00624. The van der Waals surface area contributed by atoms with Crippen molar-refractivity contribution >= 4 is 10.9 Å². The third-order valence-corrected chi connectivity index (χ3v) is 2.90. The summed E-state index contributed by atoms with van der Waals surface area (Å²) in [7, 11) is 0. The Balaban J connectivity index is 2.09. The average Bonchev–Trinajstić information content (AvgIpc) is 2.43. The fourth-order valence-corrected chi connectivity index (χ4v) is 1.88. The number of nitrogens with one attached hydrogen (secondary N) is 1. The second kappa shape index (κ2) is 5.99. The number of aliphatic hydroxyl groups is 1. The van der Waals surface area contributed by atoms with E-state index in [1.54, 1.807) is 13.1 Å². The number of aromatic nitrogens is 1. The number of benzene rings is 1. The van der Waals surface area contributed by atoms with E-state index < -0.39 is 5.60 Å². The van der Waals surface area contributed by atoms with Crippen molar-refractivity contribution in [1.82, 2.24) is 10.3 Å². The number of nitrogens with zero attached hydrogens (tertiary/aromatic N) is 1. The second-order valence-corrected chi connectivity index (χ2v) is 4.89. The lowest BCUT2D eigenvalue weighted by Crippen LogP contribution is -2.42. The van der Waals surface area contributed by atoms with Crippen LogP contribution in [0.5, 0.6) is 5.75 Å². The summed E-state index contributed by atoms with van der Waals surface area (Å²) in [6, 6.07) is 9.60. The first kappa shape index (κ1) is 13.8. The molecule has 0 aliphatic heterocycles. The van der Waals surface area contributed by atoms with Crippen LogP contribution >= 0.6 is 0 Å². The van der Waals surface area contributed by atoms with Crippen LogP contribution in [0.3, 0.4) is 0 Å². The Kier molecular flexibility index (Phi) is 4.35. The van der Waals surface area contributed by atoms with Crippen LogP contribution in [-0.4, -0.2) is 35.4 Å². The van der Waals surface area contributed by atoms with Crippen LogP contribution in [0.25, 0.3) is 10.9 Å². The average molecular weight is 260 g/mol. The summed E-state index contributed by atoms with van der Waals surface area (Å²) in [6.07, 6.45) is 1.76. The predicted molar refractivity (Wildman–Crippen MR) is 76.4 cm³/mol. The van der Waals surface area contributed by atoms with Crippen molar-refractivity contribution in [3.05, 3.63) is 36.5 Å². The predicted octanol–water partition coefficient (Wildman–Crippen LogP) is 1.97. The molecule has 0 aliphatic carbocycles.